The zero-order valence-electron chi connectivity index (χ0n) is 16.2. The third kappa shape index (κ3) is 3.54. The molecule has 0 aliphatic heterocycles. The Morgan fingerprint density at radius 3 is 2.61 bits per heavy atom. The van der Waals surface area contributed by atoms with E-state index in [0.717, 1.165) is 11.1 Å². The van der Waals surface area contributed by atoms with Gasteiger partial charge in [-0.1, -0.05) is 12.1 Å². The van der Waals surface area contributed by atoms with Crippen LogP contribution in [0.1, 0.15) is 27.2 Å². The molecule has 146 valence electrons. The lowest BCUT2D eigenvalue weighted by Gasteiger charge is -2.32. The Labute approximate surface area is 163 Å². The number of hydrogen-bond acceptors (Lipinski definition) is 5. The van der Waals surface area contributed by atoms with Crippen LogP contribution in [0.2, 0.25) is 0 Å². The van der Waals surface area contributed by atoms with E-state index in [4.69, 9.17) is 10.2 Å². The number of carbonyl (C=O) groups excluding carboxylic acids is 2. The predicted octanol–water partition coefficient (Wildman–Crippen LogP) is 1.79. The van der Waals surface area contributed by atoms with Crippen molar-refractivity contribution in [2.24, 2.45) is 5.73 Å². The second-order valence-electron chi connectivity index (χ2n) is 7.35. The first kappa shape index (κ1) is 19.7. The Hall–Kier alpha value is -3.03. The number of benzene rings is 1. The summed E-state index contributed by atoms with van der Waals surface area (Å²) in [6.45, 7) is 1.20. The fourth-order valence-corrected chi connectivity index (χ4v) is 3.42. The molecule has 7 heteroatoms. The van der Waals surface area contributed by atoms with Gasteiger partial charge in [0.1, 0.15) is 23.5 Å². The van der Waals surface area contributed by atoms with E-state index in [0.29, 0.717) is 28.7 Å². The molecule has 0 fully saturated rings. The molecule has 28 heavy (non-hydrogen) atoms. The summed E-state index contributed by atoms with van der Waals surface area (Å²) < 4.78 is 5.38. The summed E-state index contributed by atoms with van der Waals surface area (Å²) in [6.07, 6.45) is 4.19. The van der Waals surface area contributed by atoms with Crippen molar-refractivity contribution in [3.8, 4) is 0 Å². The van der Waals surface area contributed by atoms with Gasteiger partial charge in [0, 0.05) is 17.8 Å². The molecule has 3 N–H and O–H groups in total. The van der Waals surface area contributed by atoms with Gasteiger partial charge in [0.15, 0.2) is 6.04 Å². The molecule has 0 radical (unpaired) electrons. The highest BCUT2D eigenvalue weighted by Crippen LogP contribution is 2.30. The van der Waals surface area contributed by atoms with Crippen LogP contribution in [-0.4, -0.2) is 53.1 Å². The average molecular weight is 382 g/mol. The molecule has 2 aromatic heterocycles. The largest absolute Gasteiger partial charge is 0.460 e. The molecule has 1 atom stereocenters. The Morgan fingerprint density at radius 2 is 2.00 bits per heavy atom. The monoisotopic (exact) mass is 382 g/mol. The normalized spacial score (nSPS) is 12.9. The fraction of sp³-hybridized carbons (Fsp3) is 0.286. The van der Waals surface area contributed by atoms with E-state index in [1.807, 2.05) is 30.3 Å². The number of primary amides is 1. The molecular weight excluding hydrogens is 358 g/mol. The minimum atomic E-state index is -1.05. The van der Waals surface area contributed by atoms with Crippen LogP contribution in [0.3, 0.4) is 0 Å². The molecule has 0 aliphatic carbocycles. The van der Waals surface area contributed by atoms with Crippen LogP contribution < -0.4 is 5.73 Å². The molecule has 2 amide bonds. The van der Waals surface area contributed by atoms with Crippen molar-refractivity contribution < 1.29 is 23.6 Å². The average Bonchev–Trinajstić information content (AvgIpc) is 2.97. The van der Waals surface area contributed by atoms with Gasteiger partial charge in [-0.3, -0.25) is 9.78 Å². The van der Waals surface area contributed by atoms with Gasteiger partial charge >= 0.3 is 5.91 Å². The maximum Gasteiger partial charge on any atom is 0.350 e. The number of nitrogens with two attached hydrogens (primary N) is 1. The Balaban J connectivity index is 2.05. The van der Waals surface area contributed by atoms with Gasteiger partial charge in [0.2, 0.25) is 0 Å². The number of likely N-dealkylation sites (N-methyl/N-ethyl adjacent to an activating group) is 1. The number of pyridine rings is 1. The number of aliphatic hydroxyl groups is 1. The number of rotatable bonds is 6. The first-order valence-corrected chi connectivity index (χ1v) is 8.95. The Bertz CT molecular complexity index is 1020. The van der Waals surface area contributed by atoms with E-state index in [2.05, 4.69) is 4.98 Å². The van der Waals surface area contributed by atoms with Gasteiger partial charge in [0.25, 0.3) is 5.91 Å². The molecule has 3 rings (SSSR count). The van der Waals surface area contributed by atoms with Crippen molar-refractivity contribution in [2.75, 3.05) is 20.7 Å². The lowest BCUT2D eigenvalue weighted by molar-refractivity contribution is -0.825. The number of nitrogens with zero attached hydrogens (tertiary/aromatic N) is 2. The van der Waals surface area contributed by atoms with Crippen molar-refractivity contribution in [2.45, 2.75) is 19.4 Å². The minimum absolute atomic E-state index is 0.340. The number of furan rings is 1. The fourth-order valence-electron chi connectivity index (χ4n) is 3.42. The Kier molecular flexibility index (Phi) is 5.31. The summed E-state index contributed by atoms with van der Waals surface area (Å²) in [5.74, 6) is -0.609. The molecule has 1 aromatic carbocycles. The van der Waals surface area contributed by atoms with Crippen LogP contribution >= 0.6 is 0 Å². The summed E-state index contributed by atoms with van der Waals surface area (Å²) in [5, 5.41) is 10.2. The lowest BCUT2D eigenvalue weighted by atomic mass is 10.0. The highest BCUT2D eigenvalue weighted by Gasteiger charge is 2.42. The van der Waals surface area contributed by atoms with E-state index in [-0.39, 0.29) is 5.91 Å². The zero-order valence-corrected chi connectivity index (χ0v) is 16.2. The number of carbonyl (C=O) groups is 2. The van der Waals surface area contributed by atoms with Crippen LogP contribution in [0.25, 0.3) is 11.0 Å². The second-order valence-corrected chi connectivity index (χ2v) is 7.35. The summed E-state index contributed by atoms with van der Waals surface area (Å²) in [6, 6.07) is 8.53. The molecule has 2 heterocycles. The van der Waals surface area contributed by atoms with Crippen LogP contribution in [0, 0.1) is 6.92 Å². The number of aryl methyl sites for hydroxylation is 1. The van der Waals surface area contributed by atoms with E-state index < -0.39 is 23.0 Å². The predicted molar refractivity (Wildman–Crippen MR) is 105 cm³/mol. The number of quaternary nitrogens is 1. The smallest absolute Gasteiger partial charge is 0.350 e. The van der Waals surface area contributed by atoms with Crippen molar-refractivity contribution in [1.82, 2.24) is 4.98 Å². The summed E-state index contributed by atoms with van der Waals surface area (Å²) in [7, 11) is 3.12. The number of hydrogen-bond donors (Lipinski definition) is 2. The van der Waals surface area contributed by atoms with E-state index in [1.165, 1.54) is 0 Å². The first-order valence-electron chi connectivity index (χ1n) is 8.95. The van der Waals surface area contributed by atoms with Crippen molar-refractivity contribution in [3.63, 3.8) is 0 Å². The third-order valence-electron chi connectivity index (χ3n) is 5.08. The molecule has 0 saturated heterocycles. The maximum atomic E-state index is 13.3. The standard InChI is InChI=1S/C21H23N3O4/c1-13-19(21(27)24(2,3)17(12-25)20(22)26)16-10-14(6-7-18(16)28-13)9-15-5-4-8-23-11-15/h4-8,10-11,17,25H,9,12H2,1-3H3,(H-,22,26)/p+1. The molecule has 0 spiro atoms. The van der Waals surface area contributed by atoms with Crippen LogP contribution in [-0.2, 0) is 11.2 Å². The van der Waals surface area contributed by atoms with Gasteiger partial charge in [-0.25, -0.2) is 9.28 Å². The second kappa shape index (κ2) is 7.53. The van der Waals surface area contributed by atoms with E-state index >= 15 is 0 Å². The topological polar surface area (TPSA) is 106 Å². The summed E-state index contributed by atoms with van der Waals surface area (Å²) >= 11 is 0. The highest BCUT2D eigenvalue weighted by atomic mass is 16.3. The highest BCUT2D eigenvalue weighted by molar-refractivity contribution is 6.05. The number of fused-ring (bicyclic) bond motifs is 1. The van der Waals surface area contributed by atoms with Gasteiger partial charge in [-0.2, -0.15) is 0 Å². The van der Waals surface area contributed by atoms with Gasteiger partial charge in [0.05, 0.1) is 14.1 Å². The van der Waals surface area contributed by atoms with E-state index in [1.54, 1.807) is 33.4 Å². The van der Waals surface area contributed by atoms with Crippen LogP contribution in [0.4, 0.5) is 0 Å². The number of aromatic nitrogens is 1. The van der Waals surface area contributed by atoms with Gasteiger partial charge in [-0.05, 0) is 42.7 Å². The molecule has 7 nitrogen and oxygen atoms in total. The maximum absolute atomic E-state index is 13.3. The summed E-state index contributed by atoms with van der Waals surface area (Å²) in [4.78, 5) is 29.2. The lowest BCUT2D eigenvalue weighted by Crippen LogP contribution is -2.60. The quantitative estimate of drug-likeness (QED) is 0.632. The number of amides is 2. The Morgan fingerprint density at radius 1 is 1.25 bits per heavy atom. The van der Waals surface area contributed by atoms with Crippen LogP contribution in [0.15, 0.2) is 47.1 Å². The first-order chi connectivity index (χ1) is 13.3. The molecule has 0 bridgehead atoms. The molecule has 0 saturated carbocycles. The molecular formula is C21H24N3O4+. The van der Waals surface area contributed by atoms with Crippen molar-refractivity contribution >= 4 is 22.8 Å². The van der Waals surface area contributed by atoms with Crippen molar-refractivity contribution in [1.29, 1.82) is 0 Å². The molecule has 1 unspecified atom stereocenters. The van der Waals surface area contributed by atoms with Gasteiger partial charge < -0.3 is 15.3 Å². The SMILES string of the molecule is Cc1oc2ccc(Cc3cccnc3)cc2c1C(=O)[N+](C)(C)C(CO)C(N)=O. The molecule has 0 aliphatic rings. The van der Waals surface area contributed by atoms with Gasteiger partial charge in [-0.15, -0.1) is 0 Å². The van der Waals surface area contributed by atoms with E-state index in [9.17, 15) is 14.7 Å². The minimum Gasteiger partial charge on any atom is -0.460 e. The zero-order chi connectivity index (χ0) is 20.5. The third-order valence-corrected chi connectivity index (χ3v) is 5.08. The summed E-state index contributed by atoms with van der Waals surface area (Å²) in [5.41, 5.74) is 8.44. The number of aliphatic hydroxyl groups excluding tert-OH is 1. The molecule has 3 aromatic rings. The van der Waals surface area contributed by atoms with Crippen LogP contribution in [0.5, 0.6) is 0 Å². The van der Waals surface area contributed by atoms with Crippen molar-refractivity contribution in [3.05, 3.63) is 65.2 Å².